The van der Waals surface area contributed by atoms with E-state index in [9.17, 15) is 9.59 Å². The largest absolute Gasteiger partial charge is 0.332 e. The predicted molar refractivity (Wildman–Crippen MR) is 97.8 cm³/mol. The van der Waals surface area contributed by atoms with E-state index in [1.165, 1.54) is 11.3 Å². The number of amides is 2. The van der Waals surface area contributed by atoms with Gasteiger partial charge in [-0.05, 0) is 36.8 Å². The third-order valence-corrected chi connectivity index (χ3v) is 4.08. The van der Waals surface area contributed by atoms with Crippen LogP contribution in [0.2, 0.25) is 0 Å². The molecule has 0 radical (unpaired) electrons. The molecule has 0 bridgehead atoms. The maximum atomic E-state index is 11.6. The van der Waals surface area contributed by atoms with Crippen molar-refractivity contribution in [2.24, 2.45) is 0 Å². The number of aromatic nitrogens is 1. The Morgan fingerprint density at radius 3 is 2.70 bits per heavy atom. The Bertz CT molecular complexity index is 742. The van der Waals surface area contributed by atoms with E-state index in [2.05, 4.69) is 20.9 Å². The molecule has 0 fully saturated rings. The molecule has 6 nitrogen and oxygen atoms in total. The standard InChI is InChI=1S/C15H18N4O2S2/c1-3-5-13(21)19-15-17-10-7-6-9(8-11(10)23-15)16-14(22)18-12(20)4-2/h6-8H,3-5H2,1-2H3,(H,17,19,21)(H2,16,18,20,22). The molecule has 0 spiro atoms. The van der Waals surface area contributed by atoms with Crippen LogP contribution in [0.1, 0.15) is 33.1 Å². The monoisotopic (exact) mass is 350 g/mol. The summed E-state index contributed by atoms with van der Waals surface area (Å²) >= 11 is 6.48. The Labute approximate surface area is 143 Å². The Kier molecular flexibility index (Phi) is 6.00. The molecule has 0 atom stereocenters. The number of benzene rings is 1. The zero-order chi connectivity index (χ0) is 16.8. The first-order valence-electron chi connectivity index (χ1n) is 7.33. The van der Waals surface area contributed by atoms with Gasteiger partial charge < -0.3 is 16.0 Å². The summed E-state index contributed by atoms with van der Waals surface area (Å²) in [5.74, 6) is -0.171. The highest BCUT2D eigenvalue weighted by molar-refractivity contribution is 7.80. The minimum absolute atomic E-state index is 0.0339. The average molecular weight is 350 g/mol. The second kappa shape index (κ2) is 7.98. The molecule has 0 saturated carbocycles. The number of nitrogens with zero attached hydrogens (tertiary/aromatic N) is 1. The smallest absolute Gasteiger partial charge is 0.226 e. The number of fused-ring (bicyclic) bond motifs is 1. The number of hydrogen-bond acceptors (Lipinski definition) is 5. The Morgan fingerprint density at radius 2 is 2.00 bits per heavy atom. The zero-order valence-electron chi connectivity index (χ0n) is 12.9. The van der Waals surface area contributed by atoms with Gasteiger partial charge in [0, 0.05) is 18.5 Å². The lowest BCUT2D eigenvalue weighted by Crippen LogP contribution is -2.33. The first-order chi connectivity index (χ1) is 11.0. The Hall–Kier alpha value is -2.06. The summed E-state index contributed by atoms with van der Waals surface area (Å²) in [6, 6.07) is 5.55. The number of carbonyl (C=O) groups is 2. The number of carbonyl (C=O) groups excluding carboxylic acids is 2. The topological polar surface area (TPSA) is 83.1 Å². The molecular weight excluding hydrogens is 332 g/mol. The van der Waals surface area contributed by atoms with Gasteiger partial charge >= 0.3 is 0 Å². The quantitative estimate of drug-likeness (QED) is 0.721. The van der Waals surface area contributed by atoms with Crippen LogP contribution in [-0.4, -0.2) is 21.9 Å². The van der Waals surface area contributed by atoms with Gasteiger partial charge in [-0.3, -0.25) is 9.59 Å². The fourth-order valence-corrected chi connectivity index (χ4v) is 3.00. The lowest BCUT2D eigenvalue weighted by atomic mass is 10.3. The van der Waals surface area contributed by atoms with Crippen LogP contribution in [0, 0.1) is 0 Å². The second-order valence-corrected chi connectivity index (χ2v) is 6.29. The molecule has 0 saturated heterocycles. The van der Waals surface area contributed by atoms with Crippen LogP contribution < -0.4 is 16.0 Å². The number of nitrogens with one attached hydrogen (secondary N) is 3. The van der Waals surface area contributed by atoms with Crippen molar-refractivity contribution in [3.63, 3.8) is 0 Å². The van der Waals surface area contributed by atoms with Gasteiger partial charge in [-0.1, -0.05) is 25.2 Å². The van der Waals surface area contributed by atoms with E-state index in [1.54, 1.807) is 6.92 Å². The van der Waals surface area contributed by atoms with Gasteiger partial charge in [0.15, 0.2) is 10.2 Å². The van der Waals surface area contributed by atoms with Crippen LogP contribution in [0.4, 0.5) is 10.8 Å². The third-order valence-electron chi connectivity index (χ3n) is 2.94. The molecule has 8 heteroatoms. The van der Waals surface area contributed by atoms with Crippen LogP contribution in [-0.2, 0) is 9.59 Å². The summed E-state index contributed by atoms with van der Waals surface area (Å²) in [7, 11) is 0. The number of thiazole rings is 1. The Balaban J connectivity index is 2.08. The van der Waals surface area contributed by atoms with E-state index < -0.39 is 0 Å². The normalized spacial score (nSPS) is 10.3. The average Bonchev–Trinajstić information content (AvgIpc) is 2.88. The Morgan fingerprint density at radius 1 is 1.22 bits per heavy atom. The van der Waals surface area contributed by atoms with Crippen LogP contribution in [0.15, 0.2) is 18.2 Å². The van der Waals surface area contributed by atoms with Gasteiger partial charge in [-0.15, -0.1) is 0 Å². The van der Waals surface area contributed by atoms with E-state index in [0.717, 1.165) is 22.3 Å². The van der Waals surface area contributed by atoms with E-state index in [-0.39, 0.29) is 16.9 Å². The lowest BCUT2D eigenvalue weighted by Gasteiger charge is -2.08. The molecule has 1 heterocycles. The van der Waals surface area contributed by atoms with Crippen molar-refractivity contribution in [1.29, 1.82) is 0 Å². The molecule has 0 aliphatic heterocycles. The van der Waals surface area contributed by atoms with Crippen molar-refractivity contribution >= 4 is 61.5 Å². The zero-order valence-corrected chi connectivity index (χ0v) is 14.6. The van der Waals surface area contributed by atoms with Gasteiger partial charge in [-0.2, -0.15) is 0 Å². The summed E-state index contributed by atoms with van der Waals surface area (Å²) in [6.07, 6.45) is 1.65. The highest BCUT2D eigenvalue weighted by Gasteiger charge is 2.09. The van der Waals surface area contributed by atoms with Crippen molar-refractivity contribution in [3.05, 3.63) is 18.2 Å². The van der Waals surface area contributed by atoms with E-state index in [4.69, 9.17) is 12.2 Å². The highest BCUT2D eigenvalue weighted by Crippen LogP contribution is 2.28. The fourth-order valence-electron chi connectivity index (χ4n) is 1.84. The van der Waals surface area contributed by atoms with Crippen molar-refractivity contribution in [3.8, 4) is 0 Å². The summed E-state index contributed by atoms with van der Waals surface area (Å²) in [5, 5.41) is 9.18. The number of thiocarbonyl (C=S) groups is 1. The van der Waals surface area contributed by atoms with E-state index in [1.807, 2.05) is 25.1 Å². The van der Waals surface area contributed by atoms with Crippen molar-refractivity contribution in [2.75, 3.05) is 10.6 Å². The maximum absolute atomic E-state index is 11.6. The SMILES string of the molecule is CCCC(=O)Nc1nc2ccc(NC(=S)NC(=O)CC)cc2s1. The van der Waals surface area contributed by atoms with Crippen molar-refractivity contribution < 1.29 is 9.59 Å². The molecule has 3 N–H and O–H groups in total. The first-order valence-corrected chi connectivity index (χ1v) is 8.55. The fraction of sp³-hybridized carbons (Fsp3) is 0.333. The summed E-state index contributed by atoms with van der Waals surface area (Å²) in [6.45, 7) is 3.71. The summed E-state index contributed by atoms with van der Waals surface area (Å²) < 4.78 is 0.923. The number of hydrogen-bond donors (Lipinski definition) is 3. The van der Waals surface area contributed by atoms with Crippen molar-refractivity contribution in [1.82, 2.24) is 10.3 Å². The van der Waals surface area contributed by atoms with E-state index >= 15 is 0 Å². The summed E-state index contributed by atoms with van der Waals surface area (Å²) in [5.41, 5.74) is 1.56. The van der Waals surface area contributed by atoms with E-state index in [0.29, 0.717) is 18.0 Å². The molecule has 0 aliphatic rings. The molecule has 0 aliphatic carbocycles. The molecule has 23 heavy (non-hydrogen) atoms. The first kappa shape index (κ1) is 17.3. The molecule has 0 unspecified atom stereocenters. The second-order valence-electron chi connectivity index (χ2n) is 4.86. The molecular formula is C15H18N4O2S2. The third kappa shape index (κ3) is 4.97. The number of anilines is 2. The molecule has 2 aromatic rings. The predicted octanol–water partition coefficient (Wildman–Crippen LogP) is 3.26. The maximum Gasteiger partial charge on any atom is 0.226 e. The van der Waals surface area contributed by atoms with Crippen molar-refractivity contribution in [2.45, 2.75) is 33.1 Å². The van der Waals surface area contributed by atoms with Crippen LogP contribution >= 0.6 is 23.6 Å². The van der Waals surface area contributed by atoms with Crippen LogP contribution in [0.3, 0.4) is 0 Å². The van der Waals surface area contributed by atoms with Gasteiger partial charge in [-0.25, -0.2) is 4.98 Å². The minimum Gasteiger partial charge on any atom is -0.332 e. The molecule has 2 rings (SSSR count). The van der Waals surface area contributed by atoms with Crippen LogP contribution in [0.5, 0.6) is 0 Å². The van der Waals surface area contributed by atoms with Gasteiger partial charge in [0.2, 0.25) is 11.8 Å². The number of rotatable bonds is 5. The molecule has 1 aromatic carbocycles. The molecule has 122 valence electrons. The summed E-state index contributed by atoms with van der Waals surface area (Å²) in [4.78, 5) is 27.3. The highest BCUT2D eigenvalue weighted by atomic mass is 32.1. The molecule has 2 amide bonds. The van der Waals surface area contributed by atoms with Gasteiger partial charge in [0.1, 0.15) is 0 Å². The minimum atomic E-state index is -0.137. The van der Waals surface area contributed by atoms with Gasteiger partial charge in [0.25, 0.3) is 0 Å². The molecule has 1 aromatic heterocycles. The van der Waals surface area contributed by atoms with Crippen LogP contribution in [0.25, 0.3) is 10.2 Å². The van der Waals surface area contributed by atoms with Gasteiger partial charge in [0.05, 0.1) is 10.2 Å². The lowest BCUT2D eigenvalue weighted by molar-refractivity contribution is -0.119.